The van der Waals surface area contributed by atoms with Gasteiger partial charge in [0.15, 0.2) is 6.23 Å². The molecule has 1 saturated heterocycles. The number of benzene rings is 1. The Hall–Kier alpha value is -0.410. The summed E-state index contributed by atoms with van der Waals surface area (Å²) in [5, 5.41) is 30.2. The van der Waals surface area contributed by atoms with Crippen LogP contribution < -0.4 is 11.4 Å². The van der Waals surface area contributed by atoms with Gasteiger partial charge in [0.25, 0.3) is 0 Å². The lowest BCUT2D eigenvalue weighted by Gasteiger charge is -2.19. The van der Waals surface area contributed by atoms with E-state index in [-0.39, 0.29) is 5.82 Å². The molecule has 0 saturated carbocycles. The van der Waals surface area contributed by atoms with Crippen molar-refractivity contribution in [1.29, 1.82) is 0 Å². The summed E-state index contributed by atoms with van der Waals surface area (Å²) in [6, 6.07) is 6.78. The summed E-state index contributed by atoms with van der Waals surface area (Å²) in [7, 11) is 0. The number of rotatable bonds is 10. The highest BCUT2D eigenvalue weighted by Gasteiger charge is 2.43. The molecule has 3 rings (SSSR count). The number of thioether (sulfide) groups is 1. The second-order valence-corrected chi connectivity index (χ2v) is 15.6. The maximum absolute atomic E-state index is 11.5. The summed E-state index contributed by atoms with van der Waals surface area (Å²) in [4.78, 5) is 15.9. The van der Waals surface area contributed by atoms with Crippen molar-refractivity contribution < 1.29 is 29.1 Å². The molecule has 0 amide bonds. The van der Waals surface area contributed by atoms with Crippen molar-refractivity contribution in [3.05, 3.63) is 51.0 Å². The molecule has 202 valence electrons. The number of nitrogens with two attached hydrogens (primary N) is 1. The maximum atomic E-state index is 11.5. The van der Waals surface area contributed by atoms with Gasteiger partial charge < -0.3 is 34.8 Å². The minimum absolute atomic E-state index is 0.0537. The molecule has 0 bridgehead atoms. The summed E-state index contributed by atoms with van der Waals surface area (Å²) in [5.74, 6) is 0.0537. The van der Waals surface area contributed by atoms with Gasteiger partial charge in [-0.2, -0.15) is 4.98 Å². The summed E-state index contributed by atoms with van der Waals surface area (Å²) < 4.78 is 17.3. The van der Waals surface area contributed by atoms with Crippen molar-refractivity contribution in [1.82, 2.24) is 9.55 Å². The van der Waals surface area contributed by atoms with E-state index < -0.39 is 42.5 Å². The van der Waals surface area contributed by atoms with Gasteiger partial charge in [0.1, 0.15) is 24.1 Å². The Morgan fingerprint density at radius 2 is 1.89 bits per heavy atom. The molecule has 1 aliphatic rings. The van der Waals surface area contributed by atoms with Gasteiger partial charge in [0.2, 0.25) is 5.69 Å². The molecule has 0 spiro atoms. The van der Waals surface area contributed by atoms with Crippen molar-refractivity contribution in [3.8, 4) is 0 Å². The lowest BCUT2D eigenvalue weighted by Crippen LogP contribution is -2.36. The summed E-state index contributed by atoms with van der Waals surface area (Å²) in [5.41, 5.74) is 2.40. The predicted molar refractivity (Wildman–Crippen MR) is 148 cm³/mol. The van der Waals surface area contributed by atoms with E-state index in [1.54, 1.807) is 23.9 Å². The van der Waals surface area contributed by atoms with Crippen molar-refractivity contribution in [2.75, 3.05) is 30.6 Å². The van der Waals surface area contributed by atoms with Crippen molar-refractivity contribution in [2.24, 2.45) is 0 Å². The van der Waals surface area contributed by atoms with Gasteiger partial charge in [-0.25, -0.2) is 4.79 Å². The number of nitrogens with zero attached hydrogens (tertiary/aromatic N) is 2. The smallest absolute Gasteiger partial charge is 0.351 e. The van der Waals surface area contributed by atoms with E-state index in [1.165, 1.54) is 23.6 Å². The van der Waals surface area contributed by atoms with Crippen LogP contribution in [0.3, 0.4) is 0 Å². The first-order valence-electron chi connectivity index (χ1n) is 10.6. The van der Waals surface area contributed by atoms with E-state index in [9.17, 15) is 15.0 Å². The van der Waals surface area contributed by atoms with Gasteiger partial charge in [0.05, 0.1) is 29.9 Å². The fourth-order valence-corrected chi connectivity index (χ4v) is 10.4. The Balaban J connectivity index is 0.000000255. The maximum Gasteiger partial charge on any atom is 0.351 e. The second kappa shape index (κ2) is 15.2. The third kappa shape index (κ3) is 9.11. The van der Waals surface area contributed by atoms with Gasteiger partial charge >= 0.3 is 5.69 Å². The molecule has 10 nitrogen and oxygen atoms in total. The van der Waals surface area contributed by atoms with Gasteiger partial charge in [-0.1, -0.05) is 34.6 Å². The molecule has 1 aliphatic heterocycles. The van der Waals surface area contributed by atoms with E-state index in [0.717, 1.165) is 14.5 Å². The van der Waals surface area contributed by atoms with Crippen molar-refractivity contribution in [2.45, 2.75) is 43.3 Å². The van der Waals surface area contributed by atoms with Crippen LogP contribution in [-0.4, -0.2) is 68.1 Å². The average molecular weight is 621 g/mol. The van der Waals surface area contributed by atoms with Gasteiger partial charge in [-0.15, -0.1) is 11.8 Å². The van der Waals surface area contributed by atoms with Crippen LogP contribution in [0.1, 0.15) is 20.1 Å². The first kappa shape index (κ1) is 31.8. The Kier molecular flexibility index (Phi) is 13.5. The monoisotopic (exact) mass is 619 g/mol. The van der Waals surface area contributed by atoms with Crippen LogP contribution in [0.15, 0.2) is 40.2 Å². The molecule has 1 fully saturated rings. The Morgan fingerprint density at radius 3 is 2.44 bits per heavy atom. The number of aliphatic hydroxyl groups is 3. The molecule has 0 unspecified atom stereocenters. The zero-order valence-corrected chi connectivity index (χ0v) is 24.3. The first-order chi connectivity index (χ1) is 17.0. The number of nitrogen functional groups attached to an aromatic ring is 1. The van der Waals surface area contributed by atoms with Crippen LogP contribution in [0.2, 0.25) is 10.0 Å². The van der Waals surface area contributed by atoms with Crippen molar-refractivity contribution >= 4 is 69.7 Å². The SMILES string of the molecule is CCOP(=S)(OCC)SCSc1cc(Cl)ccc1Cl.Nc1ccn([C@@H]2O[C@H](CO)[C@@H](O)[C@H]2O)c(=O)n1. The molecule has 1 aromatic heterocycles. The highest BCUT2D eigenvalue weighted by atomic mass is 35.5. The molecule has 4 atom stereocenters. The number of aromatic nitrogens is 2. The molecule has 2 aromatic rings. The predicted octanol–water partition coefficient (Wildman–Crippen LogP) is 3.51. The molecule has 1 aromatic carbocycles. The molecule has 2 heterocycles. The van der Waals surface area contributed by atoms with E-state index >= 15 is 0 Å². The average Bonchev–Trinajstić information content (AvgIpc) is 3.10. The molecule has 36 heavy (non-hydrogen) atoms. The van der Waals surface area contributed by atoms with Crippen LogP contribution >= 0.6 is 52.0 Å². The molecular formula is C20H28Cl2N3O7PS3. The van der Waals surface area contributed by atoms with Crippen LogP contribution in [0.25, 0.3) is 0 Å². The summed E-state index contributed by atoms with van der Waals surface area (Å²) >= 11 is 20.6. The van der Waals surface area contributed by atoms with Gasteiger partial charge in [0, 0.05) is 16.1 Å². The van der Waals surface area contributed by atoms with Crippen LogP contribution in [0, 0.1) is 0 Å². The standard InChI is InChI=1S/C11H15Cl2O2PS3.C9H13N3O5/c1-3-14-16(17,15-4-2)19-8-18-11-7-9(12)5-6-10(11)13;10-5-1-2-12(9(16)11-5)8-7(15)6(14)4(3-13)17-8/h5-7H,3-4,8H2,1-2H3;1-2,4,6-8,13-15H,3H2,(H2,10,11,16)/t;4-,6-,7-,8-/m.1/s1. The lowest BCUT2D eigenvalue weighted by molar-refractivity contribution is -0.0549. The quantitative estimate of drug-likeness (QED) is 0.175. The number of hydrogen-bond acceptors (Lipinski definition) is 12. The van der Waals surface area contributed by atoms with E-state index in [1.807, 2.05) is 19.9 Å². The molecular weight excluding hydrogens is 592 g/mol. The van der Waals surface area contributed by atoms with E-state index in [0.29, 0.717) is 23.3 Å². The van der Waals surface area contributed by atoms with Crippen LogP contribution in [-0.2, 0) is 25.6 Å². The summed E-state index contributed by atoms with van der Waals surface area (Å²) in [6.45, 7) is 4.51. The normalized spacial score (nSPS) is 21.8. The Morgan fingerprint density at radius 1 is 1.22 bits per heavy atom. The third-order valence-electron chi connectivity index (χ3n) is 4.54. The lowest BCUT2D eigenvalue weighted by atomic mass is 10.1. The number of hydrogen-bond donors (Lipinski definition) is 4. The largest absolute Gasteiger partial charge is 0.394 e. The minimum atomic E-state index is -2.23. The second-order valence-electron chi connectivity index (χ2n) is 7.02. The fraction of sp³-hybridized carbons (Fsp3) is 0.500. The van der Waals surface area contributed by atoms with E-state index in [2.05, 4.69) is 4.98 Å². The topological polar surface area (TPSA) is 149 Å². The Bertz CT molecular complexity index is 1090. The highest BCUT2D eigenvalue weighted by molar-refractivity contribution is 8.69. The van der Waals surface area contributed by atoms with E-state index in [4.69, 9.17) is 59.6 Å². The number of aliphatic hydroxyl groups excluding tert-OH is 3. The van der Waals surface area contributed by atoms with Crippen LogP contribution in [0.4, 0.5) is 5.82 Å². The fourth-order valence-electron chi connectivity index (χ4n) is 2.90. The van der Waals surface area contributed by atoms with Crippen LogP contribution in [0.5, 0.6) is 0 Å². The van der Waals surface area contributed by atoms with Gasteiger partial charge in [-0.05, 0) is 49.9 Å². The van der Waals surface area contributed by atoms with Crippen molar-refractivity contribution in [3.63, 3.8) is 0 Å². The molecule has 0 radical (unpaired) electrons. The summed E-state index contributed by atoms with van der Waals surface area (Å²) in [6.07, 6.45) is -3.27. The zero-order chi connectivity index (χ0) is 26.9. The highest BCUT2D eigenvalue weighted by Crippen LogP contribution is 2.62. The molecule has 0 aliphatic carbocycles. The first-order valence-corrected chi connectivity index (χ1v) is 16.6. The number of ether oxygens (including phenoxy) is 1. The number of anilines is 1. The number of halogens is 2. The third-order valence-corrected chi connectivity index (χ3v) is 12.3. The minimum Gasteiger partial charge on any atom is -0.394 e. The molecule has 16 heteroatoms. The van der Waals surface area contributed by atoms with Gasteiger partial charge in [-0.3, -0.25) is 4.57 Å². The Labute approximate surface area is 232 Å². The molecule has 5 N–H and O–H groups in total. The zero-order valence-electron chi connectivity index (χ0n) is 19.4.